The van der Waals surface area contributed by atoms with Crippen molar-refractivity contribution in [3.05, 3.63) is 0 Å². The smallest absolute Gasteiger partial charge is 0.315 e. The van der Waals surface area contributed by atoms with Gasteiger partial charge in [0.25, 0.3) is 0 Å². The van der Waals surface area contributed by atoms with E-state index < -0.39 is 15.1 Å². The first-order valence-electron chi connectivity index (χ1n) is 6.29. The van der Waals surface area contributed by atoms with E-state index in [-0.39, 0.29) is 24.4 Å². The van der Waals surface area contributed by atoms with Gasteiger partial charge in [-0.25, -0.2) is 13.2 Å². The molecule has 1 fully saturated rings. The third kappa shape index (κ3) is 4.45. The summed E-state index contributed by atoms with van der Waals surface area (Å²) in [5, 5.41) is 7.91. The van der Waals surface area contributed by atoms with Gasteiger partial charge >= 0.3 is 6.03 Å². The van der Waals surface area contributed by atoms with Gasteiger partial charge in [-0.1, -0.05) is 13.8 Å². The first-order valence-corrected chi connectivity index (χ1v) is 8.01. The lowest BCUT2D eigenvalue weighted by Crippen LogP contribution is -2.52. The molecule has 6 nitrogen and oxygen atoms in total. The maximum atomic E-state index is 11.7. The second kappa shape index (κ2) is 6.38. The molecule has 18 heavy (non-hydrogen) atoms. The fraction of sp³-hybridized carbons (Fsp3) is 0.909. The van der Waals surface area contributed by atoms with Gasteiger partial charge in [-0.15, -0.1) is 0 Å². The molecule has 1 aliphatic heterocycles. The highest BCUT2D eigenvalue weighted by atomic mass is 32.2. The highest BCUT2D eigenvalue weighted by Crippen LogP contribution is 2.05. The topological polar surface area (TPSA) is 87.3 Å². The minimum absolute atomic E-state index is 0.0612. The van der Waals surface area contributed by atoms with E-state index in [1.807, 2.05) is 20.8 Å². The third-order valence-corrected chi connectivity index (χ3v) is 5.41. The van der Waals surface area contributed by atoms with Crippen molar-refractivity contribution in [2.24, 2.45) is 5.92 Å². The minimum atomic E-state index is -3.07. The Balaban J connectivity index is 2.38. The highest BCUT2D eigenvalue weighted by molar-refractivity contribution is 7.92. The zero-order chi connectivity index (χ0) is 13.8. The van der Waals surface area contributed by atoms with E-state index in [0.29, 0.717) is 19.0 Å². The molecule has 0 bridgehead atoms. The van der Waals surface area contributed by atoms with E-state index >= 15 is 0 Å². The first-order chi connectivity index (χ1) is 8.33. The maximum Gasteiger partial charge on any atom is 0.315 e. The molecule has 2 atom stereocenters. The van der Waals surface area contributed by atoms with Crippen LogP contribution in [0.15, 0.2) is 0 Å². The predicted molar refractivity (Wildman–Crippen MR) is 71.3 cm³/mol. The monoisotopic (exact) mass is 277 g/mol. The number of carbonyl (C=O) groups is 1. The molecule has 0 aromatic rings. The van der Waals surface area contributed by atoms with Gasteiger partial charge in [0.1, 0.15) is 0 Å². The van der Waals surface area contributed by atoms with E-state index in [9.17, 15) is 13.2 Å². The lowest BCUT2D eigenvalue weighted by molar-refractivity contribution is 0.234. The number of urea groups is 1. The Labute approximate surface area is 109 Å². The van der Waals surface area contributed by atoms with E-state index in [1.165, 1.54) is 0 Å². The van der Waals surface area contributed by atoms with Gasteiger partial charge < -0.3 is 16.0 Å². The summed E-state index contributed by atoms with van der Waals surface area (Å²) in [4.78, 5) is 11.6. The van der Waals surface area contributed by atoms with Gasteiger partial charge in [0, 0.05) is 25.7 Å². The van der Waals surface area contributed by atoms with E-state index in [1.54, 1.807) is 0 Å². The van der Waals surface area contributed by atoms with Crippen LogP contribution in [-0.2, 0) is 9.84 Å². The lowest BCUT2D eigenvalue weighted by atomic mass is 10.1. The molecular weight excluding hydrogens is 254 g/mol. The molecule has 0 aromatic carbocycles. The summed E-state index contributed by atoms with van der Waals surface area (Å²) in [6, 6.07) is -0.247. The largest absolute Gasteiger partial charge is 0.337 e. The molecule has 0 aliphatic carbocycles. The average molecular weight is 277 g/mol. The Hall–Kier alpha value is -0.820. The van der Waals surface area contributed by atoms with E-state index in [0.717, 1.165) is 0 Å². The number of sulfone groups is 1. The summed E-state index contributed by atoms with van der Waals surface area (Å²) in [5.41, 5.74) is 0. The van der Waals surface area contributed by atoms with Gasteiger partial charge in [-0.05, 0) is 12.8 Å². The molecule has 1 heterocycles. The summed E-state index contributed by atoms with van der Waals surface area (Å²) in [6.07, 6.45) is 0. The van der Waals surface area contributed by atoms with Crippen LogP contribution >= 0.6 is 0 Å². The van der Waals surface area contributed by atoms with Crippen molar-refractivity contribution in [2.75, 3.05) is 25.4 Å². The third-order valence-electron chi connectivity index (χ3n) is 3.29. The molecule has 0 spiro atoms. The Kier molecular flexibility index (Phi) is 5.40. The van der Waals surface area contributed by atoms with Crippen LogP contribution in [0.4, 0.5) is 4.79 Å². The molecule has 0 aromatic heterocycles. The Morgan fingerprint density at radius 1 is 1.39 bits per heavy atom. The quantitative estimate of drug-likeness (QED) is 0.659. The fourth-order valence-electron chi connectivity index (χ4n) is 1.60. The summed E-state index contributed by atoms with van der Waals surface area (Å²) in [7, 11) is -3.07. The van der Waals surface area contributed by atoms with Gasteiger partial charge in [-0.2, -0.15) is 0 Å². The standard InChI is InChI=1S/C11H23N3O3S/c1-8(2)9(3)14-11(15)13-7-10-6-12-4-5-18(10,16)17/h8-10,12H,4-7H2,1-3H3,(H2,13,14,15). The molecule has 2 unspecified atom stereocenters. The molecule has 1 saturated heterocycles. The molecule has 106 valence electrons. The van der Waals surface area contributed by atoms with Crippen LogP contribution in [0.5, 0.6) is 0 Å². The molecule has 7 heteroatoms. The molecule has 0 saturated carbocycles. The normalized spacial score (nSPS) is 24.6. The van der Waals surface area contributed by atoms with Crippen LogP contribution in [0.3, 0.4) is 0 Å². The zero-order valence-electron chi connectivity index (χ0n) is 11.2. The van der Waals surface area contributed by atoms with Crippen molar-refractivity contribution in [1.82, 2.24) is 16.0 Å². The van der Waals surface area contributed by atoms with Crippen molar-refractivity contribution >= 4 is 15.9 Å². The number of carbonyl (C=O) groups excluding carboxylic acids is 1. The maximum absolute atomic E-state index is 11.7. The van der Waals surface area contributed by atoms with Crippen LogP contribution in [0.1, 0.15) is 20.8 Å². The first kappa shape index (κ1) is 15.2. The SMILES string of the molecule is CC(C)C(C)NC(=O)NCC1CNCCS1(=O)=O. The predicted octanol–water partition coefficient (Wildman–Crippen LogP) is -0.283. The Bertz CT molecular complexity index is 381. The number of amides is 2. The number of nitrogens with one attached hydrogen (secondary N) is 3. The summed E-state index contributed by atoms with van der Waals surface area (Å²) in [6.45, 7) is 7.01. The van der Waals surface area contributed by atoms with E-state index in [4.69, 9.17) is 0 Å². The van der Waals surface area contributed by atoms with Crippen molar-refractivity contribution in [3.8, 4) is 0 Å². The van der Waals surface area contributed by atoms with Crippen molar-refractivity contribution in [1.29, 1.82) is 0 Å². The van der Waals surface area contributed by atoms with Gasteiger partial charge in [0.2, 0.25) is 0 Å². The molecule has 1 aliphatic rings. The Morgan fingerprint density at radius 2 is 2.06 bits per heavy atom. The van der Waals surface area contributed by atoms with Crippen molar-refractivity contribution < 1.29 is 13.2 Å². The number of hydrogen-bond acceptors (Lipinski definition) is 4. The van der Waals surface area contributed by atoms with Gasteiger partial charge in [0.15, 0.2) is 9.84 Å². The second-order valence-corrected chi connectivity index (χ2v) is 7.48. The lowest BCUT2D eigenvalue weighted by Gasteiger charge is -2.24. The fourth-order valence-corrected chi connectivity index (χ4v) is 3.07. The van der Waals surface area contributed by atoms with Crippen LogP contribution in [-0.4, -0.2) is 51.1 Å². The Morgan fingerprint density at radius 3 is 2.61 bits per heavy atom. The van der Waals surface area contributed by atoms with Crippen molar-refractivity contribution in [2.45, 2.75) is 32.1 Å². The molecule has 1 rings (SSSR count). The van der Waals surface area contributed by atoms with Crippen molar-refractivity contribution in [3.63, 3.8) is 0 Å². The minimum Gasteiger partial charge on any atom is -0.337 e. The molecule has 3 N–H and O–H groups in total. The number of hydrogen-bond donors (Lipinski definition) is 3. The van der Waals surface area contributed by atoms with Gasteiger partial charge in [0.05, 0.1) is 11.0 Å². The van der Waals surface area contributed by atoms with Crippen LogP contribution in [0, 0.1) is 5.92 Å². The molecular formula is C11H23N3O3S. The van der Waals surface area contributed by atoms with Crippen LogP contribution in [0.2, 0.25) is 0 Å². The zero-order valence-corrected chi connectivity index (χ0v) is 12.0. The summed E-state index contributed by atoms with van der Waals surface area (Å²) >= 11 is 0. The molecule has 2 amide bonds. The number of rotatable bonds is 4. The summed E-state index contributed by atoms with van der Waals surface area (Å²) in [5.74, 6) is 0.486. The van der Waals surface area contributed by atoms with Crippen LogP contribution < -0.4 is 16.0 Å². The van der Waals surface area contributed by atoms with Crippen LogP contribution in [0.25, 0.3) is 0 Å². The summed E-state index contributed by atoms with van der Waals surface area (Å²) < 4.78 is 23.4. The molecule has 0 radical (unpaired) electrons. The second-order valence-electron chi connectivity index (χ2n) is 5.08. The van der Waals surface area contributed by atoms with Gasteiger partial charge in [-0.3, -0.25) is 0 Å². The highest BCUT2D eigenvalue weighted by Gasteiger charge is 2.28. The van der Waals surface area contributed by atoms with E-state index in [2.05, 4.69) is 16.0 Å². The average Bonchev–Trinajstić information content (AvgIpc) is 2.26.